The highest BCUT2D eigenvalue weighted by Crippen LogP contribution is 2.30. The number of carboxylic acid groups (broad SMARTS) is 1. The summed E-state index contributed by atoms with van der Waals surface area (Å²) in [4.78, 5) is 30.2. The molecule has 9 heteroatoms. The molecule has 4 aromatic rings. The molecule has 6 nitrogen and oxygen atoms in total. The molecule has 4 rings (SSSR count). The van der Waals surface area contributed by atoms with Gasteiger partial charge in [0.2, 0.25) is 0 Å². The lowest BCUT2D eigenvalue weighted by Crippen LogP contribution is -2.41. The van der Waals surface area contributed by atoms with E-state index in [1.54, 1.807) is 18.3 Å². The van der Waals surface area contributed by atoms with Crippen LogP contribution in [0.25, 0.3) is 21.7 Å². The molecule has 0 aliphatic carbocycles. The molecule has 1 aromatic heterocycles. The number of aliphatic carboxylic acids is 1. The number of hydrogen-bond acceptors (Lipinski definition) is 6. The molecular weight excluding hydrogens is 535 g/mol. The lowest BCUT2D eigenvalue weighted by Gasteiger charge is -2.17. The predicted octanol–water partition coefficient (Wildman–Crippen LogP) is 6.58. The van der Waals surface area contributed by atoms with Crippen LogP contribution in [0.3, 0.4) is 0 Å². The van der Waals surface area contributed by atoms with E-state index in [0.29, 0.717) is 36.5 Å². The van der Waals surface area contributed by atoms with Crippen LogP contribution in [0, 0.1) is 12.7 Å². The van der Waals surface area contributed by atoms with Crippen molar-refractivity contribution in [2.45, 2.75) is 32.6 Å². The van der Waals surface area contributed by atoms with Crippen LogP contribution in [0.15, 0.2) is 72.9 Å². The van der Waals surface area contributed by atoms with Gasteiger partial charge in [-0.25, -0.2) is 14.2 Å². The van der Waals surface area contributed by atoms with Crippen LogP contribution in [-0.4, -0.2) is 40.0 Å². The third-order valence-electron chi connectivity index (χ3n) is 6.12. The largest absolute Gasteiger partial charge is 0.480 e. The van der Waals surface area contributed by atoms with Gasteiger partial charge >= 0.3 is 5.97 Å². The number of carbonyl (C=O) groups is 2. The van der Waals surface area contributed by atoms with E-state index in [9.17, 15) is 19.1 Å². The van der Waals surface area contributed by atoms with Crippen LogP contribution in [0.5, 0.6) is 0 Å². The van der Waals surface area contributed by atoms with Gasteiger partial charge in [-0.05, 0) is 71.9 Å². The number of hydrogen-bond donors (Lipinski definition) is 2. The number of ether oxygens (including phenoxy) is 1. The zero-order chi connectivity index (χ0) is 27.8. The minimum Gasteiger partial charge on any atom is -0.480 e. The molecule has 1 atom stereocenters. The number of thiazole rings is 1. The summed E-state index contributed by atoms with van der Waals surface area (Å²) >= 11 is 2.98. The van der Waals surface area contributed by atoms with Crippen LogP contribution in [0.4, 0.5) is 4.39 Å². The van der Waals surface area contributed by atoms with Crippen molar-refractivity contribution >= 4 is 35.0 Å². The third kappa shape index (κ3) is 7.53. The number of rotatable bonds is 12. The van der Waals surface area contributed by atoms with Crippen molar-refractivity contribution < 1.29 is 23.8 Å². The second-order valence-corrected chi connectivity index (χ2v) is 11.1. The van der Waals surface area contributed by atoms with Gasteiger partial charge < -0.3 is 15.2 Å². The highest BCUT2D eigenvalue weighted by Gasteiger charge is 2.22. The average molecular weight is 565 g/mol. The summed E-state index contributed by atoms with van der Waals surface area (Å²) in [7, 11) is 0. The number of carbonyl (C=O) groups excluding carboxylic acids is 1. The number of thioether (sulfide) groups is 1. The molecule has 0 bridgehead atoms. The topological polar surface area (TPSA) is 88.5 Å². The van der Waals surface area contributed by atoms with Crippen molar-refractivity contribution in [2.75, 3.05) is 12.0 Å². The van der Waals surface area contributed by atoms with Crippen molar-refractivity contribution in [3.8, 4) is 21.7 Å². The Morgan fingerprint density at radius 2 is 1.90 bits per heavy atom. The Labute approximate surface area is 235 Å². The molecule has 0 fully saturated rings. The van der Waals surface area contributed by atoms with Crippen molar-refractivity contribution in [3.63, 3.8) is 0 Å². The van der Waals surface area contributed by atoms with Gasteiger partial charge in [0.25, 0.3) is 5.91 Å². The van der Waals surface area contributed by atoms with E-state index in [4.69, 9.17) is 4.74 Å². The van der Waals surface area contributed by atoms with Crippen LogP contribution >= 0.6 is 23.1 Å². The average Bonchev–Trinajstić information content (AvgIpc) is 3.40. The molecule has 0 radical (unpaired) electrons. The van der Waals surface area contributed by atoms with Crippen molar-refractivity contribution in [2.24, 2.45) is 0 Å². The van der Waals surface area contributed by atoms with Gasteiger partial charge in [-0.1, -0.05) is 42.5 Å². The van der Waals surface area contributed by atoms with Crippen LogP contribution in [0.2, 0.25) is 0 Å². The maximum absolute atomic E-state index is 13.6. The highest BCUT2D eigenvalue weighted by atomic mass is 32.2. The van der Waals surface area contributed by atoms with E-state index in [-0.39, 0.29) is 5.82 Å². The van der Waals surface area contributed by atoms with Crippen LogP contribution in [0.1, 0.15) is 32.8 Å². The first-order valence-corrected chi connectivity index (χ1v) is 14.6. The van der Waals surface area contributed by atoms with E-state index in [0.717, 1.165) is 32.1 Å². The zero-order valence-electron chi connectivity index (χ0n) is 21.6. The molecule has 0 saturated carbocycles. The van der Waals surface area contributed by atoms with Crippen LogP contribution < -0.4 is 5.32 Å². The number of benzene rings is 3. The smallest absolute Gasteiger partial charge is 0.326 e. The van der Waals surface area contributed by atoms with Crippen molar-refractivity contribution in [1.82, 2.24) is 10.3 Å². The van der Waals surface area contributed by atoms with Gasteiger partial charge in [-0.2, -0.15) is 11.8 Å². The molecule has 0 aliphatic heterocycles. The maximum atomic E-state index is 13.6. The Hall–Kier alpha value is -3.53. The maximum Gasteiger partial charge on any atom is 0.326 e. The quantitative estimate of drug-likeness (QED) is 0.202. The first kappa shape index (κ1) is 28.5. The lowest BCUT2D eigenvalue weighted by molar-refractivity contribution is -0.139. The molecule has 0 unspecified atom stereocenters. The fraction of sp³-hybridized carbons (Fsp3) is 0.233. The SMILES string of the molecule is CSCC[C@H](NC(=O)c1ccc(COCc2cnc(-c3cccc(F)c3)s2)cc1-c1ccccc1C)C(=O)O. The number of amides is 1. The number of aryl methyl sites for hydroxylation is 1. The molecule has 0 spiro atoms. The summed E-state index contributed by atoms with van der Waals surface area (Å²) in [5, 5.41) is 13.0. The molecular formula is C30H29FN2O4S2. The highest BCUT2D eigenvalue weighted by molar-refractivity contribution is 7.98. The Bertz CT molecular complexity index is 1460. The van der Waals surface area contributed by atoms with E-state index >= 15 is 0 Å². The third-order valence-corrected chi connectivity index (χ3v) is 7.78. The van der Waals surface area contributed by atoms with Gasteiger partial charge in [0, 0.05) is 17.3 Å². The van der Waals surface area contributed by atoms with Gasteiger partial charge in [0.1, 0.15) is 16.9 Å². The molecule has 1 amide bonds. The van der Waals surface area contributed by atoms with Gasteiger partial charge in [-0.3, -0.25) is 4.79 Å². The summed E-state index contributed by atoms with van der Waals surface area (Å²) in [5.74, 6) is -1.16. The zero-order valence-corrected chi connectivity index (χ0v) is 23.3. The molecule has 202 valence electrons. The molecule has 2 N–H and O–H groups in total. The first-order valence-electron chi connectivity index (χ1n) is 12.4. The van der Waals surface area contributed by atoms with Gasteiger partial charge in [-0.15, -0.1) is 11.3 Å². The van der Waals surface area contributed by atoms with Crippen molar-refractivity contribution in [3.05, 3.63) is 100 Å². The molecule has 0 aliphatic rings. The Morgan fingerprint density at radius 3 is 2.64 bits per heavy atom. The number of carboxylic acids is 1. The van der Waals surface area contributed by atoms with Gasteiger partial charge in [0.05, 0.1) is 18.1 Å². The Morgan fingerprint density at radius 1 is 1.08 bits per heavy atom. The Balaban J connectivity index is 1.51. The second kappa shape index (κ2) is 13.5. The van der Waals surface area contributed by atoms with Gasteiger partial charge in [0.15, 0.2) is 0 Å². The number of nitrogens with zero attached hydrogens (tertiary/aromatic N) is 1. The molecule has 3 aromatic carbocycles. The van der Waals surface area contributed by atoms with E-state index in [1.807, 2.05) is 55.6 Å². The summed E-state index contributed by atoms with van der Waals surface area (Å²) in [6.07, 6.45) is 3.97. The number of nitrogens with one attached hydrogen (secondary N) is 1. The normalized spacial score (nSPS) is 11.8. The summed E-state index contributed by atoms with van der Waals surface area (Å²) < 4.78 is 19.5. The standard InChI is InChI=1S/C30H29FN2O4S2/c1-19-6-3-4-9-24(19)26-14-20(10-11-25(26)28(34)33-27(30(35)36)12-13-38-2)17-37-18-23-16-32-29(39-23)21-7-5-8-22(31)15-21/h3-11,14-16,27H,12-13,17-18H2,1-2H3,(H,33,34)(H,35,36)/t27-/m0/s1. The fourth-order valence-electron chi connectivity index (χ4n) is 4.10. The second-order valence-electron chi connectivity index (χ2n) is 8.98. The number of halogens is 1. The minimum atomic E-state index is -1.05. The minimum absolute atomic E-state index is 0.305. The van der Waals surface area contributed by atoms with Crippen LogP contribution in [-0.2, 0) is 22.7 Å². The predicted molar refractivity (Wildman–Crippen MR) is 155 cm³/mol. The summed E-state index contributed by atoms with van der Waals surface area (Å²) in [6.45, 7) is 2.61. The molecule has 0 saturated heterocycles. The lowest BCUT2D eigenvalue weighted by atomic mass is 9.93. The summed E-state index contributed by atoms with van der Waals surface area (Å²) in [6, 6.07) is 18.6. The summed E-state index contributed by atoms with van der Waals surface area (Å²) in [5.41, 5.74) is 4.61. The molecule has 1 heterocycles. The van der Waals surface area contributed by atoms with E-state index in [1.165, 1.54) is 35.2 Å². The Kier molecular flexibility index (Phi) is 9.86. The van der Waals surface area contributed by atoms with E-state index < -0.39 is 17.9 Å². The fourth-order valence-corrected chi connectivity index (χ4v) is 5.42. The van der Waals surface area contributed by atoms with E-state index in [2.05, 4.69) is 10.3 Å². The van der Waals surface area contributed by atoms with Crippen molar-refractivity contribution in [1.29, 1.82) is 0 Å². The molecule has 39 heavy (non-hydrogen) atoms. The first-order chi connectivity index (χ1) is 18.9. The number of aromatic nitrogens is 1. The monoisotopic (exact) mass is 564 g/mol.